The smallest absolute Gasteiger partial charge is 0.237 e. The van der Waals surface area contributed by atoms with Gasteiger partial charge in [0.1, 0.15) is 0 Å². The molecule has 5 N–H and O–H groups in total. The molecule has 3 unspecified atom stereocenters. The highest BCUT2D eigenvalue weighted by Gasteiger charge is 2.39. The Labute approximate surface area is 77.4 Å². The molecule has 1 amide bonds. The van der Waals surface area contributed by atoms with E-state index in [2.05, 4.69) is 16.3 Å². The van der Waals surface area contributed by atoms with Gasteiger partial charge in [0.25, 0.3) is 0 Å². The zero-order valence-corrected chi connectivity index (χ0v) is 7.55. The molecule has 0 aromatic rings. The molecule has 2 aliphatic rings. The lowest BCUT2D eigenvalue weighted by Crippen LogP contribution is -2.65. The molecular weight excluding hydrogens is 168 g/mol. The zero-order chi connectivity index (χ0) is 9.26. The van der Waals surface area contributed by atoms with Gasteiger partial charge in [-0.1, -0.05) is 12.8 Å². The number of hydrogen-bond donors (Lipinski definition) is 4. The van der Waals surface area contributed by atoms with Gasteiger partial charge in [-0.25, -0.2) is 10.9 Å². The molecule has 1 saturated heterocycles. The fraction of sp³-hybridized carbons (Fsp3) is 0.875. The van der Waals surface area contributed by atoms with E-state index in [1.54, 1.807) is 0 Å². The summed E-state index contributed by atoms with van der Waals surface area (Å²) < 4.78 is 0. The summed E-state index contributed by atoms with van der Waals surface area (Å²) in [5, 5.41) is 0. The third-order valence-electron chi connectivity index (χ3n) is 3.11. The maximum atomic E-state index is 11.4. The minimum Gasteiger partial charge on any atom is -0.290 e. The molecule has 0 bridgehead atoms. The van der Waals surface area contributed by atoms with Crippen LogP contribution in [0.4, 0.5) is 0 Å². The van der Waals surface area contributed by atoms with Crippen molar-refractivity contribution in [1.29, 1.82) is 0 Å². The van der Waals surface area contributed by atoms with E-state index in [1.807, 2.05) is 0 Å². The van der Waals surface area contributed by atoms with E-state index in [9.17, 15) is 4.79 Å². The van der Waals surface area contributed by atoms with Crippen LogP contribution in [0, 0.1) is 11.8 Å². The average Bonchev–Trinajstić information content (AvgIpc) is 2.19. The first-order valence-corrected chi connectivity index (χ1v) is 4.84. The second kappa shape index (κ2) is 3.61. The normalized spacial score (nSPS) is 39.5. The number of carbonyl (C=O) groups is 1. The second-order valence-corrected chi connectivity index (χ2v) is 3.83. The number of rotatable bonds is 1. The number of hydrazine groups is 2. The molecule has 13 heavy (non-hydrogen) atoms. The van der Waals surface area contributed by atoms with Crippen LogP contribution in [0.2, 0.25) is 0 Å². The Hall–Kier alpha value is -0.650. The van der Waals surface area contributed by atoms with Crippen LogP contribution in [-0.4, -0.2) is 12.1 Å². The third kappa shape index (κ3) is 1.54. The van der Waals surface area contributed by atoms with Crippen LogP contribution in [0.1, 0.15) is 25.7 Å². The Kier molecular flexibility index (Phi) is 2.48. The molecule has 0 spiro atoms. The van der Waals surface area contributed by atoms with Crippen LogP contribution in [0.25, 0.3) is 0 Å². The lowest BCUT2D eigenvalue weighted by Gasteiger charge is -2.40. The lowest BCUT2D eigenvalue weighted by molar-refractivity contribution is -0.134. The molecule has 1 saturated carbocycles. The Bertz CT molecular complexity index is 208. The van der Waals surface area contributed by atoms with Crippen molar-refractivity contribution in [2.24, 2.45) is 17.7 Å². The van der Waals surface area contributed by atoms with Gasteiger partial charge >= 0.3 is 0 Å². The van der Waals surface area contributed by atoms with Gasteiger partial charge in [0.05, 0.1) is 6.17 Å². The molecular formula is C8H16N4O. The van der Waals surface area contributed by atoms with Crippen molar-refractivity contribution in [3.05, 3.63) is 0 Å². The first kappa shape index (κ1) is 8.93. The molecule has 1 aliphatic carbocycles. The predicted octanol–water partition coefficient (Wildman–Crippen LogP) is -0.783. The number of nitrogens with one attached hydrogen (secondary N) is 3. The largest absolute Gasteiger partial charge is 0.290 e. The maximum absolute atomic E-state index is 11.4. The molecule has 5 nitrogen and oxygen atoms in total. The topological polar surface area (TPSA) is 79.2 Å². The number of nitrogens with two attached hydrogens (primary N) is 1. The fourth-order valence-electron chi connectivity index (χ4n) is 2.40. The lowest BCUT2D eigenvalue weighted by atomic mass is 9.76. The molecule has 1 aliphatic heterocycles. The summed E-state index contributed by atoms with van der Waals surface area (Å²) in [6.07, 6.45) is 4.47. The highest BCUT2D eigenvalue weighted by molar-refractivity contribution is 5.79. The molecule has 2 fully saturated rings. The molecule has 0 aromatic carbocycles. The quantitative estimate of drug-likeness (QED) is 0.318. The molecule has 2 rings (SSSR count). The monoisotopic (exact) mass is 184 g/mol. The van der Waals surface area contributed by atoms with Gasteiger partial charge < -0.3 is 0 Å². The predicted molar refractivity (Wildman–Crippen MR) is 47.8 cm³/mol. The van der Waals surface area contributed by atoms with Crippen molar-refractivity contribution < 1.29 is 4.79 Å². The molecule has 0 radical (unpaired) electrons. The summed E-state index contributed by atoms with van der Waals surface area (Å²) in [5.41, 5.74) is 8.23. The summed E-state index contributed by atoms with van der Waals surface area (Å²) >= 11 is 0. The highest BCUT2D eigenvalue weighted by atomic mass is 16.2. The molecule has 74 valence electrons. The third-order valence-corrected chi connectivity index (χ3v) is 3.11. The number of hydrogen-bond acceptors (Lipinski definition) is 4. The van der Waals surface area contributed by atoms with Gasteiger partial charge in [-0.3, -0.25) is 16.1 Å². The summed E-state index contributed by atoms with van der Waals surface area (Å²) in [7, 11) is 0. The van der Waals surface area contributed by atoms with E-state index < -0.39 is 0 Å². The standard InChI is InChI=1S/C8H16N4O/c9-10-7-5-3-1-2-4-6(5)8(13)12-11-7/h5-7,10-11H,1-4,9H2,(H,12,13). The minimum absolute atomic E-state index is 0.0306. The first-order chi connectivity index (χ1) is 6.33. The van der Waals surface area contributed by atoms with Crippen molar-refractivity contribution in [3.8, 4) is 0 Å². The maximum Gasteiger partial charge on any atom is 0.237 e. The second-order valence-electron chi connectivity index (χ2n) is 3.83. The Morgan fingerprint density at radius 2 is 2.15 bits per heavy atom. The number of fused-ring (bicyclic) bond motifs is 1. The Morgan fingerprint density at radius 3 is 2.92 bits per heavy atom. The number of amides is 1. The fourth-order valence-corrected chi connectivity index (χ4v) is 2.40. The van der Waals surface area contributed by atoms with Crippen molar-refractivity contribution in [3.63, 3.8) is 0 Å². The molecule has 0 aromatic heterocycles. The summed E-state index contributed by atoms with van der Waals surface area (Å²) in [6, 6.07) is 0. The van der Waals surface area contributed by atoms with E-state index >= 15 is 0 Å². The van der Waals surface area contributed by atoms with E-state index in [0.29, 0.717) is 5.92 Å². The van der Waals surface area contributed by atoms with Gasteiger partial charge in [-0.2, -0.15) is 0 Å². The van der Waals surface area contributed by atoms with Gasteiger partial charge in [-0.05, 0) is 12.8 Å². The molecule has 3 atom stereocenters. The van der Waals surface area contributed by atoms with Crippen LogP contribution in [0.15, 0.2) is 0 Å². The first-order valence-electron chi connectivity index (χ1n) is 4.84. The summed E-state index contributed by atoms with van der Waals surface area (Å²) in [5.74, 6) is 6.02. The van der Waals surface area contributed by atoms with E-state index in [1.165, 1.54) is 6.42 Å². The van der Waals surface area contributed by atoms with Gasteiger partial charge in [0.15, 0.2) is 0 Å². The van der Waals surface area contributed by atoms with E-state index in [4.69, 9.17) is 5.84 Å². The van der Waals surface area contributed by atoms with Gasteiger partial charge in [0, 0.05) is 11.8 Å². The highest BCUT2D eigenvalue weighted by Crippen LogP contribution is 2.33. The van der Waals surface area contributed by atoms with Crippen LogP contribution < -0.4 is 22.1 Å². The molecule has 5 heteroatoms. The minimum atomic E-state index is 0.0306. The van der Waals surface area contributed by atoms with Crippen molar-refractivity contribution in [1.82, 2.24) is 16.3 Å². The Balaban J connectivity index is 2.09. The summed E-state index contributed by atoms with van der Waals surface area (Å²) in [4.78, 5) is 11.4. The van der Waals surface area contributed by atoms with Crippen molar-refractivity contribution >= 4 is 5.91 Å². The number of carbonyl (C=O) groups excluding carboxylic acids is 1. The Morgan fingerprint density at radius 1 is 1.38 bits per heavy atom. The van der Waals surface area contributed by atoms with E-state index in [0.717, 1.165) is 19.3 Å². The van der Waals surface area contributed by atoms with E-state index in [-0.39, 0.29) is 18.0 Å². The van der Waals surface area contributed by atoms with Gasteiger partial charge in [-0.15, -0.1) is 0 Å². The van der Waals surface area contributed by atoms with Crippen LogP contribution >= 0.6 is 0 Å². The van der Waals surface area contributed by atoms with Crippen LogP contribution in [0.3, 0.4) is 0 Å². The van der Waals surface area contributed by atoms with Crippen molar-refractivity contribution in [2.75, 3.05) is 0 Å². The average molecular weight is 184 g/mol. The zero-order valence-electron chi connectivity index (χ0n) is 7.55. The van der Waals surface area contributed by atoms with Gasteiger partial charge in [0.2, 0.25) is 5.91 Å². The van der Waals surface area contributed by atoms with Crippen LogP contribution in [-0.2, 0) is 4.79 Å². The molecule has 1 heterocycles. The summed E-state index contributed by atoms with van der Waals surface area (Å²) in [6.45, 7) is 0. The van der Waals surface area contributed by atoms with Crippen LogP contribution in [0.5, 0.6) is 0 Å². The SMILES string of the molecule is NNC1NNC(=O)C2CCCCC12. The van der Waals surface area contributed by atoms with Crippen molar-refractivity contribution in [2.45, 2.75) is 31.8 Å².